The lowest BCUT2D eigenvalue weighted by molar-refractivity contribution is -0.121. The SMILES string of the molecule is CS(=O)(=O)N(CCC(=O)NCc1ccccc1)c1ccccc1C#N. The number of carbonyl (C=O) groups excluding carboxylic acids is 1. The lowest BCUT2D eigenvalue weighted by Crippen LogP contribution is -2.35. The molecule has 0 aromatic heterocycles. The van der Waals surface area contributed by atoms with E-state index in [4.69, 9.17) is 5.26 Å². The Morgan fingerprint density at radius 2 is 1.76 bits per heavy atom. The average molecular weight is 357 g/mol. The molecule has 0 spiro atoms. The van der Waals surface area contributed by atoms with Gasteiger partial charge in [-0.1, -0.05) is 42.5 Å². The summed E-state index contributed by atoms with van der Waals surface area (Å²) in [6, 6.07) is 17.8. The van der Waals surface area contributed by atoms with Crippen molar-refractivity contribution < 1.29 is 13.2 Å². The molecule has 2 aromatic carbocycles. The number of nitrogens with one attached hydrogen (secondary N) is 1. The monoisotopic (exact) mass is 357 g/mol. The molecule has 0 aliphatic carbocycles. The van der Waals surface area contributed by atoms with Crippen molar-refractivity contribution in [3.63, 3.8) is 0 Å². The van der Waals surface area contributed by atoms with E-state index >= 15 is 0 Å². The van der Waals surface area contributed by atoms with E-state index in [1.165, 1.54) is 0 Å². The molecule has 0 unspecified atom stereocenters. The minimum atomic E-state index is -3.61. The van der Waals surface area contributed by atoms with Crippen LogP contribution in [0, 0.1) is 11.3 Å². The topological polar surface area (TPSA) is 90.3 Å². The molecule has 0 radical (unpaired) electrons. The van der Waals surface area contributed by atoms with Crippen molar-refractivity contribution in [2.24, 2.45) is 0 Å². The molecule has 0 fully saturated rings. The van der Waals surface area contributed by atoms with Gasteiger partial charge >= 0.3 is 0 Å². The van der Waals surface area contributed by atoms with Crippen LogP contribution in [-0.4, -0.2) is 27.1 Å². The summed E-state index contributed by atoms with van der Waals surface area (Å²) < 4.78 is 25.2. The van der Waals surface area contributed by atoms with Crippen molar-refractivity contribution in [3.8, 4) is 6.07 Å². The summed E-state index contributed by atoms with van der Waals surface area (Å²) in [5.74, 6) is -0.257. The van der Waals surface area contributed by atoms with E-state index in [9.17, 15) is 13.2 Å². The van der Waals surface area contributed by atoms with Crippen LogP contribution in [0.1, 0.15) is 17.5 Å². The van der Waals surface area contributed by atoms with E-state index < -0.39 is 10.0 Å². The number of carbonyl (C=O) groups is 1. The summed E-state index contributed by atoms with van der Waals surface area (Å²) in [4.78, 5) is 12.0. The van der Waals surface area contributed by atoms with Gasteiger partial charge in [-0.2, -0.15) is 5.26 Å². The molecule has 2 aromatic rings. The van der Waals surface area contributed by atoms with E-state index in [0.717, 1.165) is 16.1 Å². The summed E-state index contributed by atoms with van der Waals surface area (Å²) in [6.45, 7) is 0.353. The molecule has 0 saturated heterocycles. The number of amides is 1. The molecule has 1 amide bonds. The number of nitriles is 1. The smallest absolute Gasteiger partial charge is 0.232 e. The van der Waals surface area contributed by atoms with Gasteiger partial charge in [-0.15, -0.1) is 0 Å². The van der Waals surface area contributed by atoms with Crippen LogP contribution >= 0.6 is 0 Å². The Balaban J connectivity index is 2.04. The molecule has 2 rings (SSSR count). The molecule has 0 atom stereocenters. The zero-order valence-electron chi connectivity index (χ0n) is 13.8. The maximum atomic E-state index is 12.1. The maximum Gasteiger partial charge on any atom is 0.232 e. The van der Waals surface area contributed by atoms with Crippen LogP contribution < -0.4 is 9.62 Å². The summed E-state index contributed by atoms with van der Waals surface area (Å²) in [5.41, 5.74) is 1.49. The molecular weight excluding hydrogens is 338 g/mol. The van der Waals surface area contributed by atoms with Gasteiger partial charge in [0.05, 0.1) is 17.5 Å². The number of rotatable bonds is 7. The quantitative estimate of drug-likeness (QED) is 0.821. The molecular formula is C18H19N3O3S. The first-order valence-electron chi connectivity index (χ1n) is 7.69. The Kier molecular flexibility index (Phi) is 6.14. The molecule has 25 heavy (non-hydrogen) atoms. The van der Waals surface area contributed by atoms with Gasteiger partial charge in [0.15, 0.2) is 0 Å². The van der Waals surface area contributed by atoms with E-state index in [2.05, 4.69) is 5.32 Å². The molecule has 130 valence electrons. The first-order valence-corrected chi connectivity index (χ1v) is 9.54. The molecule has 7 heteroatoms. The standard InChI is InChI=1S/C18H19N3O3S/c1-25(23,24)21(17-10-6-5-9-16(17)13-19)12-11-18(22)20-14-15-7-3-2-4-8-15/h2-10H,11-12,14H2,1H3,(H,20,22). The highest BCUT2D eigenvalue weighted by Gasteiger charge is 2.21. The van der Waals surface area contributed by atoms with Crippen LogP contribution in [0.5, 0.6) is 0 Å². The van der Waals surface area contributed by atoms with Crippen molar-refractivity contribution >= 4 is 21.6 Å². The largest absolute Gasteiger partial charge is 0.352 e. The number of nitrogens with zero attached hydrogens (tertiary/aromatic N) is 2. The second kappa shape index (κ2) is 8.31. The minimum Gasteiger partial charge on any atom is -0.352 e. The highest BCUT2D eigenvalue weighted by molar-refractivity contribution is 7.92. The van der Waals surface area contributed by atoms with Gasteiger partial charge < -0.3 is 5.32 Å². The molecule has 0 saturated carbocycles. The van der Waals surface area contributed by atoms with E-state index in [1.807, 2.05) is 36.4 Å². The first kappa shape index (κ1) is 18.5. The second-order valence-electron chi connectivity index (χ2n) is 5.48. The number of benzene rings is 2. The molecule has 6 nitrogen and oxygen atoms in total. The van der Waals surface area contributed by atoms with Gasteiger partial charge in [0.25, 0.3) is 0 Å². The number of sulfonamides is 1. The molecule has 0 aliphatic rings. The molecule has 0 heterocycles. The highest BCUT2D eigenvalue weighted by atomic mass is 32.2. The van der Waals surface area contributed by atoms with Gasteiger partial charge in [-0.05, 0) is 17.7 Å². The van der Waals surface area contributed by atoms with E-state index in [-0.39, 0.29) is 30.1 Å². The Labute approximate surface area is 147 Å². The van der Waals surface area contributed by atoms with Crippen molar-refractivity contribution in [2.45, 2.75) is 13.0 Å². The maximum absolute atomic E-state index is 12.1. The van der Waals surface area contributed by atoms with Crippen LogP contribution in [0.4, 0.5) is 5.69 Å². The third-order valence-electron chi connectivity index (χ3n) is 3.57. The van der Waals surface area contributed by atoms with Crippen molar-refractivity contribution in [2.75, 3.05) is 17.1 Å². The van der Waals surface area contributed by atoms with Gasteiger partial charge in [0.1, 0.15) is 6.07 Å². The van der Waals surface area contributed by atoms with E-state index in [0.29, 0.717) is 6.54 Å². The third-order valence-corrected chi connectivity index (χ3v) is 4.75. The van der Waals surface area contributed by atoms with Crippen LogP contribution in [0.3, 0.4) is 0 Å². The fraction of sp³-hybridized carbons (Fsp3) is 0.222. The minimum absolute atomic E-state index is 0.000331. The fourth-order valence-electron chi connectivity index (χ4n) is 2.34. The number of hydrogen-bond acceptors (Lipinski definition) is 4. The lowest BCUT2D eigenvalue weighted by Gasteiger charge is -2.23. The molecule has 1 N–H and O–H groups in total. The number of anilines is 1. The lowest BCUT2D eigenvalue weighted by atomic mass is 10.2. The second-order valence-corrected chi connectivity index (χ2v) is 7.38. The van der Waals surface area contributed by atoms with Crippen LogP contribution in [-0.2, 0) is 21.4 Å². The number of hydrogen-bond donors (Lipinski definition) is 1. The normalized spacial score (nSPS) is 10.7. The van der Waals surface area contributed by atoms with Crippen LogP contribution in [0.15, 0.2) is 54.6 Å². The van der Waals surface area contributed by atoms with Crippen LogP contribution in [0.2, 0.25) is 0 Å². The predicted molar refractivity (Wildman–Crippen MR) is 96.3 cm³/mol. The molecule has 0 aliphatic heterocycles. The average Bonchev–Trinajstić information content (AvgIpc) is 2.60. The third kappa shape index (κ3) is 5.33. The van der Waals surface area contributed by atoms with Gasteiger partial charge in [-0.25, -0.2) is 8.42 Å². The highest BCUT2D eigenvalue weighted by Crippen LogP contribution is 2.22. The van der Waals surface area contributed by atoms with Gasteiger partial charge in [0, 0.05) is 19.5 Å². The summed E-state index contributed by atoms with van der Waals surface area (Å²) in [7, 11) is -3.61. The zero-order valence-corrected chi connectivity index (χ0v) is 14.7. The summed E-state index contributed by atoms with van der Waals surface area (Å²) >= 11 is 0. The van der Waals surface area contributed by atoms with Crippen molar-refractivity contribution in [1.29, 1.82) is 5.26 Å². The Morgan fingerprint density at radius 1 is 1.12 bits per heavy atom. The Bertz CT molecular complexity index is 874. The van der Waals surface area contributed by atoms with E-state index in [1.54, 1.807) is 24.3 Å². The predicted octanol–water partition coefficient (Wildman–Crippen LogP) is 2.03. The Morgan fingerprint density at radius 3 is 2.40 bits per heavy atom. The fourth-order valence-corrected chi connectivity index (χ4v) is 3.28. The summed E-state index contributed by atoms with van der Waals surface area (Å²) in [6.07, 6.45) is 1.06. The number of para-hydroxylation sites is 1. The van der Waals surface area contributed by atoms with Crippen LogP contribution in [0.25, 0.3) is 0 Å². The van der Waals surface area contributed by atoms with Gasteiger partial charge in [-0.3, -0.25) is 9.10 Å². The molecule has 0 bridgehead atoms. The zero-order chi connectivity index (χ0) is 18.3. The summed E-state index contributed by atoms with van der Waals surface area (Å²) in [5, 5.41) is 11.9. The van der Waals surface area contributed by atoms with Gasteiger partial charge in [0.2, 0.25) is 15.9 Å². The van der Waals surface area contributed by atoms with Crippen molar-refractivity contribution in [1.82, 2.24) is 5.32 Å². The Hall–Kier alpha value is -2.85. The van der Waals surface area contributed by atoms with Crippen molar-refractivity contribution in [3.05, 3.63) is 65.7 Å². The first-order chi connectivity index (χ1) is 11.9.